The highest BCUT2D eigenvalue weighted by Crippen LogP contribution is 2.25. The van der Waals surface area contributed by atoms with E-state index in [0.717, 1.165) is 31.2 Å². The van der Waals surface area contributed by atoms with E-state index in [2.05, 4.69) is 22.1 Å². The molecule has 0 bridgehead atoms. The third-order valence-electron chi connectivity index (χ3n) is 4.75. The molecule has 0 aliphatic carbocycles. The number of hydrogen-bond acceptors (Lipinski definition) is 4. The number of hydrogen-bond donors (Lipinski definition) is 1. The van der Waals surface area contributed by atoms with Crippen LogP contribution in [-0.4, -0.2) is 33.4 Å². The zero-order chi connectivity index (χ0) is 16.9. The molecule has 0 radical (unpaired) electrons. The van der Waals surface area contributed by atoms with Crippen molar-refractivity contribution in [2.24, 2.45) is 0 Å². The number of piperidine rings is 1. The van der Waals surface area contributed by atoms with Crippen molar-refractivity contribution < 1.29 is 9.21 Å². The molecular weight excluding hydrogens is 304 g/mol. The monoisotopic (exact) mass is 330 g/mol. The van der Waals surface area contributed by atoms with Crippen LogP contribution in [0.4, 0.5) is 0 Å². The van der Waals surface area contributed by atoms with Crippen LogP contribution in [0.25, 0.3) is 0 Å². The number of aryl methyl sites for hydroxylation is 1. The number of nitrogens with zero attached hydrogens (tertiary/aromatic N) is 3. The van der Waals surface area contributed by atoms with Gasteiger partial charge in [0.2, 0.25) is 0 Å². The van der Waals surface area contributed by atoms with E-state index < -0.39 is 0 Å². The lowest BCUT2D eigenvalue weighted by atomic mass is 10.1. The summed E-state index contributed by atoms with van der Waals surface area (Å²) in [5, 5.41) is 2.88. The second kappa shape index (κ2) is 7.66. The Morgan fingerprint density at radius 2 is 2.12 bits per heavy atom. The van der Waals surface area contributed by atoms with Gasteiger partial charge in [0.25, 0.3) is 5.91 Å². The second-order valence-electron chi connectivity index (χ2n) is 6.29. The average molecular weight is 330 g/mol. The highest BCUT2D eigenvalue weighted by molar-refractivity contribution is 5.91. The van der Waals surface area contributed by atoms with E-state index in [1.54, 1.807) is 12.3 Å². The van der Waals surface area contributed by atoms with Gasteiger partial charge in [-0.2, -0.15) is 0 Å². The Hall–Kier alpha value is -2.08. The third kappa shape index (κ3) is 3.70. The lowest BCUT2D eigenvalue weighted by Gasteiger charge is -2.31. The lowest BCUT2D eigenvalue weighted by molar-refractivity contribution is 0.0912. The Morgan fingerprint density at radius 1 is 1.33 bits per heavy atom. The van der Waals surface area contributed by atoms with Crippen LogP contribution in [0.5, 0.6) is 0 Å². The molecule has 6 heteroatoms. The van der Waals surface area contributed by atoms with Crippen LogP contribution < -0.4 is 5.32 Å². The first-order valence-corrected chi connectivity index (χ1v) is 8.81. The molecular formula is C18H26N4O2. The Labute approximate surface area is 142 Å². The molecule has 0 saturated carbocycles. The van der Waals surface area contributed by atoms with Gasteiger partial charge in [-0.05, 0) is 51.9 Å². The van der Waals surface area contributed by atoms with Gasteiger partial charge in [-0.1, -0.05) is 6.42 Å². The molecule has 2 aromatic rings. The molecule has 24 heavy (non-hydrogen) atoms. The van der Waals surface area contributed by atoms with Crippen LogP contribution in [0, 0.1) is 0 Å². The molecule has 1 saturated heterocycles. The summed E-state index contributed by atoms with van der Waals surface area (Å²) in [4.78, 5) is 19.0. The van der Waals surface area contributed by atoms with Crippen molar-refractivity contribution in [2.45, 2.75) is 52.2 Å². The molecule has 1 fully saturated rings. The number of carbonyl (C=O) groups excluding carboxylic acids is 1. The first-order valence-electron chi connectivity index (χ1n) is 8.81. The van der Waals surface area contributed by atoms with Crippen molar-refractivity contribution in [1.82, 2.24) is 19.8 Å². The molecule has 2 aromatic heterocycles. The third-order valence-corrected chi connectivity index (χ3v) is 4.75. The van der Waals surface area contributed by atoms with Gasteiger partial charge in [0.1, 0.15) is 11.6 Å². The quantitative estimate of drug-likeness (QED) is 0.884. The molecule has 3 rings (SSSR count). The SMILES string of the molecule is CCn1ccnc1CNC(=O)c1ccc([C@H](C)N2CCCCC2)o1. The number of amides is 1. The first-order chi connectivity index (χ1) is 11.7. The van der Waals surface area contributed by atoms with Crippen molar-refractivity contribution in [3.63, 3.8) is 0 Å². The highest BCUT2D eigenvalue weighted by Gasteiger charge is 2.22. The average Bonchev–Trinajstić information content (AvgIpc) is 3.29. The number of furan rings is 1. The lowest BCUT2D eigenvalue weighted by Crippen LogP contribution is -2.32. The minimum atomic E-state index is -0.197. The van der Waals surface area contributed by atoms with Gasteiger partial charge in [-0.15, -0.1) is 0 Å². The summed E-state index contributed by atoms with van der Waals surface area (Å²) in [6.07, 6.45) is 7.44. The van der Waals surface area contributed by atoms with Crippen molar-refractivity contribution in [3.8, 4) is 0 Å². The summed E-state index contributed by atoms with van der Waals surface area (Å²) in [6.45, 7) is 7.63. The molecule has 0 unspecified atom stereocenters. The maximum Gasteiger partial charge on any atom is 0.287 e. The van der Waals surface area contributed by atoms with Gasteiger partial charge in [0.05, 0.1) is 12.6 Å². The summed E-state index contributed by atoms with van der Waals surface area (Å²) >= 11 is 0. The van der Waals surface area contributed by atoms with Gasteiger partial charge < -0.3 is 14.3 Å². The molecule has 130 valence electrons. The Bertz CT molecular complexity index is 670. The van der Waals surface area contributed by atoms with Crippen LogP contribution in [0.2, 0.25) is 0 Å². The molecule has 1 aliphatic rings. The molecule has 1 N–H and O–H groups in total. The van der Waals surface area contributed by atoms with E-state index in [4.69, 9.17) is 4.42 Å². The molecule has 1 atom stereocenters. The first kappa shape index (κ1) is 16.8. The van der Waals surface area contributed by atoms with Crippen LogP contribution >= 0.6 is 0 Å². The van der Waals surface area contributed by atoms with Crippen molar-refractivity contribution in [2.75, 3.05) is 13.1 Å². The van der Waals surface area contributed by atoms with Crippen LogP contribution in [0.3, 0.4) is 0 Å². The minimum Gasteiger partial charge on any atom is -0.454 e. The Balaban J connectivity index is 1.59. The van der Waals surface area contributed by atoms with Gasteiger partial charge >= 0.3 is 0 Å². The smallest absolute Gasteiger partial charge is 0.287 e. The van der Waals surface area contributed by atoms with E-state index in [1.807, 2.05) is 23.8 Å². The number of rotatable bonds is 6. The number of nitrogens with one attached hydrogen (secondary N) is 1. The van der Waals surface area contributed by atoms with Crippen LogP contribution in [-0.2, 0) is 13.1 Å². The largest absolute Gasteiger partial charge is 0.454 e. The van der Waals surface area contributed by atoms with E-state index >= 15 is 0 Å². The number of likely N-dealkylation sites (tertiary alicyclic amines) is 1. The fraction of sp³-hybridized carbons (Fsp3) is 0.556. The molecule has 3 heterocycles. The van der Waals surface area contributed by atoms with Crippen molar-refractivity contribution >= 4 is 5.91 Å². The predicted molar refractivity (Wildman–Crippen MR) is 91.6 cm³/mol. The van der Waals surface area contributed by atoms with E-state index in [0.29, 0.717) is 12.3 Å². The molecule has 6 nitrogen and oxygen atoms in total. The predicted octanol–water partition coefficient (Wildman–Crippen LogP) is 2.97. The Morgan fingerprint density at radius 3 is 2.88 bits per heavy atom. The normalized spacial score (nSPS) is 16.9. The van der Waals surface area contributed by atoms with Gasteiger partial charge in [0.15, 0.2) is 5.76 Å². The van der Waals surface area contributed by atoms with E-state index in [9.17, 15) is 4.79 Å². The van der Waals surface area contributed by atoms with Crippen LogP contribution in [0.1, 0.15) is 61.3 Å². The molecule has 1 amide bonds. The number of imidazole rings is 1. The number of carbonyl (C=O) groups is 1. The second-order valence-corrected chi connectivity index (χ2v) is 6.29. The summed E-state index contributed by atoms with van der Waals surface area (Å²) in [6, 6.07) is 3.89. The number of aromatic nitrogens is 2. The zero-order valence-corrected chi connectivity index (χ0v) is 14.5. The Kier molecular flexibility index (Phi) is 5.35. The highest BCUT2D eigenvalue weighted by atomic mass is 16.4. The molecule has 1 aliphatic heterocycles. The fourth-order valence-corrected chi connectivity index (χ4v) is 3.23. The fourth-order valence-electron chi connectivity index (χ4n) is 3.23. The topological polar surface area (TPSA) is 63.3 Å². The summed E-state index contributed by atoms with van der Waals surface area (Å²) in [5.74, 6) is 1.87. The zero-order valence-electron chi connectivity index (χ0n) is 14.5. The van der Waals surface area contributed by atoms with E-state index in [1.165, 1.54) is 19.3 Å². The standard InChI is InChI=1S/C18H26N4O2/c1-3-21-12-9-19-17(21)13-20-18(23)16-8-7-15(24-16)14(2)22-10-5-4-6-11-22/h7-9,12,14H,3-6,10-11,13H2,1-2H3,(H,20,23)/t14-/m0/s1. The van der Waals surface area contributed by atoms with Gasteiger partial charge in [0, 0.05) is 18.9 Å². The van der Waals surface area contributed by atoms with Crippen molar-refractivity contribution in [1.29, 1.82) is 0 Å². The molecule has 0 spiro atoms. The van der Waals surface area contributed by atoms with Crippen molar-refractivity contribution in [3.05, 3.63) is 41.9 Å². The summed E-state index contributed by atoms with van der Waals surface area (Å²) < 4.78 is 7.81. The van der Waals surface area contributed by atoms with Crippen LogP contribution in [0.15, 0.2) is 28.9 Å². The minimum absolute atomic E-state index is 0.197. The summed E-state index contributed by atoms with van der Waals surface area (Å²) in [5.41, 5.74) is 0. The maximum absolute atomic E-state index is 12.3. The summed E-state index contributed by atoms with van der Waals surface area (Å²) in [7, 11) is 0. The van der Waals surface area contributed by atoms with Gasteiger partial charge in [-0.3, -0.25) is 9.69 Å². The maximum atomic E-state index is 12.3. The van der Waals surface area contributed by atoms with E-state index in [-0.39, 0.29) is 11.9 Å². The molecule has 0 aromatic carbocycles. The van der Waals surface area contributed by atoms with Gasteiger partial charge in [-0.25, -0.2) is 4.98 Å².